The van der Waals surface area contributed by atoms with E-state index in [1.807, 2.05) is 10.6 Å². The van der Waals surface area contributed by atoms with Crippen LogP contribution in [0.2, 0.25) is 0 Å². The summed E-state index contributed by atoms with van der Waals surface area (Å²) >= 11 is 0. The molecule has 2 aromatic carbocycles. The van der Waals surface area contributed by atoms with Crippen LogP contribution in [0.1, 0.15) is 61.1 Å². The van der Waals surface area contributed by atoms with Gasteiger partial charge in [-0.15, -0.1) is 10.2 Å². The van der Waals surface area contributed by atoms with Gasteiger partial charge in [0.2, 0.25) is 5.89 Å². The molecule has 2 aromatic heterocycles. The Morgan fingerprint density at radius 3 is 2.49 bits per heavy atom. The van der Waals surface area contributed by atoms with Gasteiger partial charge in [-0.2, -0.15) is 8.78 Å². The number of aromatic nitrogens is 4. The van der Waals surface area contributed by atoms with Crippen LogP contribution in [-0.2, 0) is 6.54 Å². The number of halogens is 3. The summed E-state index contributed by atoms with van der Waals surface area (Å²) in [5.74, 6) is -1.13. The number of piperidine rings is 2. The zero-order valence-corrected chi connectivity index (χ0v) is 21.7. The van der Waals surface area contributed by atoms with E-state index in [0.717, 1.165) is 62.9 Å². The SMILES string of the molecule is CN1CCC(n2c(=O)n(Cc3ccc(-c4nnc(C(F)F)o4)cc3F)c3ccc(C4CCNCC4)cc32)CC1. The minimum absolute atomic E-state index is 0.0415. The Balaban J connectivity index is 1.37. The number of rotatable bonds is 6. The summed E-state index contributed by atoms with van der Waals surface area (Å²) in [6.45, 7) is 3.83. The lowest BCUT2D eigenvalue weighted by atomic mass is 9.90. The Bertz CT molecular complexity index is 1530. The molecule has 0 unspecified atom stereocenters. The summed E-state index contributed by atoms with van der Waals surface area (Å²) in [6, 6.07) is 10.6. The van der Waals surface area contributed by atoms with Gasteiger partial charge in [-0.1, -0.05) is 12.1 Å². The summed E-state index contributed by atoms with van der Waals surface area (Å²) in [7, 11) is 2.09. The summed E-state index contributed by atoms with van der Waals surface area (Å²) < 4.78 is 49.4. The lowest BCUT2D eigenvalue weighted by Gasteiger charge is -2.30. The first-order valence-electron chi connectivity index (χ1n) is 13.4. The average molecular weight is 541 g/mol. The van der Waals surface area contributed by atoms with E-state index < -0.39 is 18.1 Å². The molecule has 11 heteroatoms. The lowest BCUT2D eigenvalue weighted by Crippen LogP contribution is -2.36. The molecule has 206 valence electrons. The highest BCUT2D eigenvalue weighted by molar-refractivity contribution is 5.77. The molecule has 2 aliphatic heterocycles. The minimum atomic E-state index is -2.90. The number of likely N-dealkylation sites (tertiary alicyclic amines) is 1. The minimum Gasteiger partial charge on any atom is -0.415 e. The highest BCUT2D eigenvalue weighted by Gasteiger charge is 2.26. The Labute approximate surface area is 223 Å². The van der Waals surface area contributed by atoms with Gasteiger partial charge in [0.15, 0.2) is 0 Å². The quantitative estimate of drug-likeness (QED) is 0.382. The highest BCUT2D eigenvalue weighted by Crippen LogP contribution is 2.32. The maximum absolute atomic E-state index is 15.3. The van der Waals surface area contributed by atoms with Gasteiger partial charge in [0.1, 0.15) is 5.82 Å². The molecule has 8 nitrogen and oxygen atoms in total. The largest absolute Gasteiger partial charge is 0.415 e. The summed E-state index contributed by atoms with van der Waals surface area (Å²) in [5.41, 5.74) is 3.26. The second kappa shape index (κ2) is 10.6. The van der Waals surface area contributed by atoms with Gasteiger partial charge in [0.25, 0.3) is 5.89 Å². The molecule has 0 spiro atoms. The Morgan fingerprint density at radius 1 is 1.03 bits per heavy atom. The lowest BCUT2D eigenvalue weighted by molar-refractivity contribution is 0.116. The predicted molar refractivity (Wildman–Crippen MR) is 141 cm³/mol. The fourth-order valence-electron chi connectivity index (χ4n) is 5.88. The first-order valence-corrected chi connectivity index (χ1v) is 13.4. The molecular weight excluding hydrogens is 509 g/mol. The number of hydrogen-bond acceptors (Lipinski definition) is 6. The zero-order valence-electron chi connectivity index (χ0n) is 21.7. The van der Waals surface area contributed by atoms with Crippen molar-refractivity contribution in [3.8, 4) is 11.5 Å². The third kappa shape index (κ3) is 5.00. The fraction of sp³-hybridized carbons (Fsp3) is 0.464. The monoisotopic (exact) mass is 540 g/mol. The van der Waals surface area contributed by atoms with Crippen LogP contribution in [0.5, 0.6) is 0 Å². The smallest absolute Gasteiger partial charge is 0.329 e. The summed E-state index contributed by atoms with van der Waals surface area (Å²) in [4.78, 5) is 16.2. The van der Waals surface area contributed by atoms with Gasteiger partial charge in [-0.3, -0.25) is 9.13 Å². The van der Waals surface area contributed by atoms with Crippen molar-refractivity contribution >= 4 is 11.0 Å². The zero-order chi connectivity index (χ0) is 27.1. The van der Waals surface area contributed by atoms with E-state index in [-0.39, 0.29) is 29.7 Å². The highest BCUT2D eigenvalue weighted by atomic mass is 19.3. The van der Waals surface area contributed by atoms with Crippen LogP contribution in [0.15, 0.2) is 45.6 Å². The molecule has 6 rings (SSSR count). The van der Waals surface area contributed by atoms with E-state index in [1.54, 1.807) is 4.57 Å². The maximum Gasteiger partial charge on any atom is 0.329 e. The van der Waals surface area contributed by atoms with Gasteiger partial charge in [0.05, 0.1) is 17.6 Å². The second-order valence-electron chi connectivity index (χ2n) is 10.6. The van der Waals surface area contributed by atoms with E-state index in [4.69, 9.17) is 4.42 Å². The van der Waals surface area contributed by atoms with Crippen molar-refractivity contribution < 1.29 is 17.6 Å². The van der Waals surface area contributed by atoms with Crippen molar-refractivity contribution in [3.05, 3.63) is 69.7 Å². The molecule has 0 aliphatic carbocycles. The van der Waals surface area contributed by atoms with Gasteiger partial charge in [-0.05, 0) is 94.7 Å². The number of benzene rings is 2. The van der Waals surface area contributed by atoms with Crippen molar-refractivity contribution in [2.24, 2.45) is 0 Å². The predicted octanol–water partition coefficient (Wildman–Crippen LogP) is 4.71. The number of hydrogen-bond donors (Lipinski definition) is 1. The second-order valence-corrected chi connectivity index (χ2v) is 10.6. The molecule has 4 aromatic rings. The van der Waals surface area contributed by atoms with Gasteiger partial charge < -0.3 is 14.6 Å². The van der Waals surface area contributed by atoms with Crippen LogP contribution >= 0.6 is 0 Å². The average Bonchev–Trinajstić information content (AvgIpc) is 3.54. The molecule has 4 heterocycles. The standard InChI is InChI=1S/C28H31F3N6O2/c1-35-12-8-21(9-13-35)37-24-15-18(17-6-10-32-11-7-17)4-5-23(24)36(28(37)38)16-20-3-2-19(14-22(20)29)26-33-34-27(39-26)25(30)31/h2-5,14-15,17,21,25,32H,6-13,16H2,1H3. The topological polar surface area (TPSA) is 81.1 Å². The van der Waals surface area contributed by atoms with Gasteiger partial charge >= 0.3 is 12.1 Å². The molecule has 1 N–H and O–H groups in total. The molecule has 0 amide bonds. The molecule has 0 saturated carbocycles. The summed E-state index contributed by atoms with van der Waals surface area (Å²) in [5, 5.41) is 10.3. The van der Waals surface area contributed by atoms with Gasteiger partial charge in [0, 0.05) is 17.2 Å². The third-order valence-electron chi connectivity index (χ3n) is 8.11. The first kappa shape index (κ1) is 25.8. The van der Waals surface area contributed by atoms with Crippen molar-refractivity contribution in [1.29, 1.82) is 0 Å². The van der Waals surface area contributed by atoms with Crippen LogP contribution in [0, 0.1) is 5.82 Å². The van der Waals surface area contributed by atoms with E-state index in [2.05, 4.69) is 39.6 Å². The number of nitrogens with zero attached hydrogens (tertiary/aromatic N) is 5. The van der Waals surface area contributed by atoms with Crippen LogP contribution < -0.4 is 11.0 Å². The third-order valence-corrected chi connectivity index (χ3v) is 8.11. The fourth-order valence-corrected chi connectivity index (χ4v) is 5.88. The first-order chi connectivity index (χ1) is 18.9. The summed E-state index contributed by atoms with van der Waals surface area (Å²) in [6.07, 6.45) is 0.962. The number of fused-ring (bicyclic) bond motifs is 1. The van der Waals surface area contributed by atoms with Crippen molar-refractivity contribution in [1.82, 2.24) is 29.5 Å². The van der Waals surface area contributed by atoms with Crippen molar-refractivity contribution in [2.45, 2.75) is 50.6 Å². The van der Waals surface area contributed by atoms with Crippen LogP contribution in [0.3, 0.4) is 0 Å². The van der Waals surface area contributed by atoms with Crippen LogP contribution in [-0.4, -0.2) is 57.5 Å². The molecule has 2 aliphatic rings. The molecule has 2 fully saturated rings. The molecule has 0 atom stereocenters. The maximum atomic E-state index is 15.3. The Morgan fingerprint density at radius 2 is 1.79 bits per heavy atom. The van der Waals surface area contributed by atoms with E-state index >= 15 is 4.39 Å². The number of nitrogens with one attached hydrogen (secondary N) is 1. The van der Waals surface area contributed by atoms with Gasteiger partial charge in [-0.25, -0.2) is 9.18 Å². The molecular formula is C28H31F3N6O2. The Hall–Kier alpha value is -3.44. The molecule has 39 heavy (non-hydrogen) atoms. The van der Waals surface area contributed by atoms with Crippen molar-refractivity contribution in [2.75, 3.05) is 33.2 Å². The number of alkyl halides is 2. The van der Waals surface area contributed by atoms with E-state index in [0.29, 0.717) is 11.5 Å². The van der Waals surface area contributed by atoms with E-state index in [9.17, 15) is 13.6 Å². The van der Waals surface area contributed by atoms with Crippen molar-refractivity contribution in [3.63, 3.8) is 0 Å². The van der Waals surface area contributed by atoms with Crippen LogP contribution in [0.4, 0.5) is 13.2 Å². The normalized spacial score (nSPS) is 18.0. The molecule has 2 saturated heterocycles. The van der Waals surface area contributed by atoms with Crippen LogP contribution in [0.25, 0.3) is 22.5 Å². The Kier molecular flexibility index (Phi) is 7.03. The molecule has 0 radical (unpaired) electrons. The number of imidazole rings is 1. The molecule has 0 bridgehead atoms. The van der Waals surface area contributed by atoms with E-state index in [1.165, 1.54) is 23.8 Å².